The van der Waals surface area contributed by atoms with E-state index in [4.69, 9.17) is 0 Å². The molecular formula is C18H28N2O3S. The number of nitrogens with one attached hydrogen (secondary N) is 1. The van der Waals surface area contributed by atoms with Crippen molar-refractivity contribution in [2.75, 3.05) is 19.3 Å². The van der Waals surface area contributed by atoms with Crippen LogP contribution < -0.4 is 5.32 Å². The fraction of sp³-hybridized carbons (Fsp3) is 0.611. The van der Waals surface area contributed by atoms with Crippen LogP contribution in [-0.4, -0.2) is 44.0 Å². The molecule has 0 heterocycles. The Morgan fingerprint density at radius 1 is 1.17 bits per heavy atom. The molecule has 134 valence electrons. The average Bonchev–Trinajstić information content (AvgIpc) is 2.53. The summed E-state index contributed by atoms with van der Waals surface area (Å²) in [5.41, 5.74) is 2.83. The molecule has 0 aromatic heterocycles. The van der Waals surface area contributed by atoms with Crippen LogP contribution in [0.5, 0.6) is 0 Å². The summed E-state index contributed by atoms with van der Waals surface area (Å²) in [5, 5.41) is 2.84. The van der Waals surface area contributed by atoms with Gasteiger partial charge in [-0.05, 0) is 49.9 Å². The average molecular weight is 353 g/mol. The van der Waals surface area contributed by atoms with Crippen molar-refractivity contribution in [3.8, 4) is 0 Å². The van der Waals surface area contributed by atoms with Crippen molar-refractivity contribution in [1.82, 2.24) is 9.62 Å². The second-order valence-corrected chi connectivity index (χ2v) is 8.66. The summed E-state index contributed by atoms with van der Waals surface area (Å²) in [6.07, 6.45) is 6.41. The Labute approximate surface area is 145 Å². The third kappa shape index (κ3) is 5.05. The standard InChI is InChI=1S/C18H28N2O3S/c1-14-9-10-16(13-15(14)2)18(21)19-11-12-20(24(3,22)23)17-7-5-4-6-8-17/h9-10,13,17H,4-8,11-12H2,1-3H3,(H,19,21). The lowest BCUT2D eigenvalue weighted by molar-refractivity contribution is 0.0949. The van der Waals surface area contributed by atoms with Crippen molar-refractivity contribution in [3.63, 3.8) is 0 Å². The molecule has 1 N–H and O–H groups in total. The van der Waals surface area contributed by atoms with E-state index in [1.807, 2.05) is 26.0 Å². The summed E-state index contributed by atoms with van der Waals surface area (Å²) in [6, 6.07) is 5.66. The Morgan fingerprint density at radius 2 is 1.83 bits per heavy atom. The Morgan fingerprint density at radius 3 is 2.42 bits per heavy atom. The molecule has 0 saturated heterocycles. The number of benzene rings is 1. The molecule has 6 heteroatoms. The summed E-state index contributed by atoms with van der Waals surface area (Å²) in [4.78, 5) is 12.2. The fourth-order valence-corrected chi connectivity index (χ4v) is 4.43. The van der Waals surface area contributed by atoms with E-state index in [1.54, 1.807) is 10.4 Å². The number of carbonyl (C=O) groups is 1. The molecule has 1 saturated carbocycles. The number of aryl methyl sites for hydroxylation is 2. The second-order valence-electron chi connectivity index (χ2n) is 6.72. The molecule has 1 aromatic rings. The lowest BCUT2D eigenvalue weighted by Gasteiger charge is -2.32. The summed E-state index contributed by atoms with van der Waals surface area (Å²) in [7, 11) is -3.26. The van der Waals surface area contributed by atoms with Gasteiger partial charge in [0.15, 0.2) is 0 Å². The van der Waals surface area contributed by atoms with Gasteiger partial charge in [-0.15, -0.1) is 0 Å². The van der Waals surface area contributed by atoms with E-state index in [0.29, 0.717) is 18.7 Å². The Kier molecular flexibility index (Phi) is 6.40. The highest BCUT2D eigenvalue weighted by molar-refractivity contribution is 7.88. The number of hydrogen-bond donors (Lipinski definition) is 1. The third-order valence-electron chi connectivity index (χ3n) is 4.79. The van der Waals surface area contributed by atoms with Crippen LogP contribution in [0.25, 0.3) is 0 Å². The van der Waals surface area contributed by atoms with Crippen molar-refractivity contribution in [1.29, 1.82) is 0 Å². The zero-order valence-corrected chi connectivity index (χ0v) is 15.7. The van der Waals surface area contributed by atoms with Crippen LogP contribution in [0, 0.1) is 13.8 Å². The van der Waals surface area contributed by atoms with Crippen molar-refractivity contribution in [2.45, 2.75) is 52.0 Å². The number of amides is 1. The highest BCUT2D eigenvalue weighted by Crippen LogP contribution is 2.24. The highest BCUT2D eigenvalue weighted by Gasteiger charge is 2.27. The predicted octanol–water partition coefficient (Wildman–Crippen LogP) is 2.63. The van der Waals surface area contributed by atoms with Gasteiger partial charge in [0.25, 0.3) is 5.91 Å². The van der Waals surface area contributed by atoms with E-state index >= 15 is 0 Å². The number of rotatable bonds is 6. The Hall–Kier alpha value is -1.40. The first kappa shape index (κ1) is 18.9. The smallest absolute Gasteiger partial charge is 0.251 e. The maximum absolute atomic E-state index is 12.2. The van der Waals surface area contributed by atoms with Crippen molar-refractivity contribution in [3.05, 3.63) is 34.9 Å². The van der Waals surface area contributed by atoms with E-state index in [1.165, 1.54) is 12.7 Å². The van der Waals surface area contributed by atoms with E-state index in [9.17, 15) is 13.2 Å². The molecule has 1 aliphatic rings. The van der Waals surface area contributed by atoms with Gasteiger partial charge in [-0.1, -0.05) is 25.3 Å². The van der Waals surface area contributed by atoms with Crippen LogP contribution in [0.1, 0.15) is 53.6 Å². The molecule has 0 bridgehead atoms. The SMILES string of the molecule is Cc1ccc(C(=O)NCCN(C2CCCCC2)S(C)(=O)=O)cc1C. The molecule has 1 aromatic carbocycles. The zero-order chi connectivity index (χ0) is 17.7. The molecule has 2 rings (SSSR count). The van der Waals surface area contributed by atoms with Gasteiger partial charge >= 0.3 is 0 Å². The van der Waals surface area contributed by atoms with Crippen LogP contribution in [0.3, 0.4) is 0 Å². The first-order chi connectivity index (χ1) is 11.3. The summed E-state index contributed by atoms with van der Waals surface area (Å²) < 4.78 is 25.7. The number of carbonyl (C=O) groups excluding carboxylic acids is 1. The second kappa shape index (κ2) is 8.12. The minimum Gasteiger partial charge on any atom is -0.351 e. The minimum absolute atomic E-state index is 0.0762. The quantitative estimate of drug-likeness (QED) is 0.856. The van der Waals surface area contributed by atoms with Crippen molar-refractivity contribution < 1.29 is 13.2 Å². The minimum atomic E-state index is -3.26. The normalized spacial score (nSPS) is 16.3. The zero-order valence-electron chi connectivity index (χ0n) is 14.8. The number of sulfonamides is 1. The molecule has 1 aliphatic carbocycles. The van der Waals surface area contributed by atoms with E-state index in [0.717, 1.165) is 36.8 Å². The first-order valence-electron chi connectivity index (χ1n) is 8.61. The lowest BCUT2D eigenvalue weighted by atomic mass is 9.95. The topological polar surface area (TPSA) is 66.5 Å². The molecule has 0 unspecified atom stereocenters. The van der Waals surface area contributed by atoms with Crippen LogP contribution in [0.2, 0.25) is 0 Å². The number of nitrogens with zero attached hydrogens (tertiary/aromatic N) is 1. The van der Waals surface area contributed by atoms with Crippen LogP contribution >= 0.6 is 0 Å². The molecule has 1 amide bonds. The molecule has 0 radical (unpaired) electrons. The van der Waals surface area contributed by atoms with Gasteiger partial charge in [-0.25, -0.2) is 8.42 Å². The van der Waals surface area contributed by atoms with Crippen molar-refractivity contribution >= 4 is 15.9 Å². The van der Waals surface area contributed by atoms with E-state index in [2.05, 4.69) is 5.32 Å². The first-order valence-corrected chi connectivity index (χ1v) is 10.5. The number of hydrogen-bond acceptors (Lipinski definition) is 3. The Balaban J connectivity index is 1.94. The van der Waals surface area contributed by atoms with Gasteiger partial charge < -0.3 is 5.32 Å². The molecular weight excluding hydrogens is 324 g/mol. The summed E-state index contributed by atoms with van der Waals surface area (Å²) in [5.74, 6) is -0.157. The van der Waals surface area contributed by atoms with Gasteiger partial charge in [0.2, 0.25) is 10.0 Å². The van der Waals surface area contributed by atoms with Gasteiger partial charge in [-0.3, -0.25) is 4.79 Å². The van der Waals surface area contributed by atoms with Gasteiger partial charge in [-0.2, -0.15) is 4.31 Å². The van der Waals surface area contributed by atoms with E-state index < -0.39 is 10.0 Å². The molecule has 1 fully saturated rings. The largest absolute Gasteiger partial charge is 0.351 e. The van der Waals surface area contributed by atoms with E-state index in [-0.39, 0.29) is 11.9 Å². The Bertz CT molecular complexity index is 680. The lowest BCUT2D eigenvalue weighted by Crippen LogP contribution is -2.45. The maximum Gasteiger partial charge on any atom is 0.251 e. The summed E-state index contributed by atoms with van der Waals surface area (Å²) >= 11 is 0. The molecule has 5 nitrogen and oxygen atoms in total. The van der Waals surface area contributed by atoms with Gasteiger partial charge in [0.05, 0.1) is 6.26 Å². The van der Waals surface area contributed by atoms with Gasteiger partial charge in [0, 0.05) is 24.7 Å². The summed E-state index contributed by atoms with van der Waals surface area (Å²) in [6.45, 7) is 4.64. The molecule has 0 aliphatic heterocycles. The molecule has 24 heavy (non-hydrogen) atoms. The monoisotopic (exact) mass is 352 g/mol. The molecule has 0 atom stereocenters. The predicted molar refractivity (Wildman–Crippen MR) is 96.7 cm³/mol. The highest BCUT2D eigenvalue weighted by atomic mass is 32.2. The van der Waals surface area contributed by atoms with Crippen LogP contribution in [-0.2, 0) is 10.0 Å². The van der Waals surface area contributed by atoms with Crippen molar-refractivity contribution in [2.24, 2.45) is 0 Å². The van der Waals surface area contributed by atoms with Crippen LogP contribution in [0.4, 0.5) is 0 Å². The van der Waals surface area contributed by atoms with Crippen LogP contribution in [0.15, 0.2) is 18.2 Å². The van der Waals surface area contributed by atoms with Gasteiger partial charge in [0.1, 0.15) is 0 Å². The molecule has 0 spiro atoms. The third-order valence-corrected chi connectivity index (χ3v) is 6.13. The maximum atomic E-state index is 12.2. The fourth-order valence-electron chi connectivity index (χ4n) is 3.25.